The standard InChI is InChI=1S/C19H15BrO4/c1-24-19(23)18(22)16-14(11-5-3-2-4-6-11)15(16)17(21)12-7-9-13(20)10-8-12/h2-10,14-16H,1H3/t14-,15-,16+/m1/s1. The number of benzene rings is 2. The number of ketones is 2. The molecule has 4 nitrogen and oxygen atoms in total. The number of carbonyl (C=O) groups is 3. The Balaban J connectivity index is 1.91. The molecule has 0 heterocycles. The highest BCUT2D eigenvalue weighted by Gasteiger charge is 2.60. The molecule has 0 aliphatic heterocycles. The number of hydrogen-bond donors (Lipinski definition) is 0. The first kappa shape index (κ1) is 16.6. The molecule has 0 bridgehead atoms. The van der Waals surface area contributed by atoms with Crippen molar-refractivity contribution in [1.29, 1.82) is 0 Å². The minimum absolute atomic E-state index is 0.126. The van der Waals surface area contributed by atoms with E-state index in [0.717, 1.165) is 10.0 Å². The van der Waals surface area contributed by atoms with Gasteiger partial charge in [0, 0.05) is 27.8 Å². The van der Waals surface area contributed by atoms with Crippen LogP contribution in [0, 0.1) is 11.8 Å². The molecule has 122 valence electrons. The van der Waals surface area contributed by atoms with Gasteiger partial charge in [-0.2, -0.15) is 0 Å². The Morgan fingerprint density at radius 1 is 0.917 bits per heavy atom. The van der Waals surface area contributed by atoms with Crippen LogP contribution in [0.3, 0.4) is 0 Å². The predicted octanol–water partition coefficient (Wildman–Crippen LogP) is 3.40. The number of rotatable bonds is 5. The monoisotopic (exact) mass is 386 g/mol. The summed E-state index contributed by atoms with van der Waals surface area (Å²) in [6.45, 7) is 0. The van der Waals surface area contributed by atoms with Crippen molar-refractivity contribution in [2.75, 3.05) is 7.11 Å². The first-order valence-electron chi connectivity index (χ1n) is 7.51. The Labute approximate surface area is 148 Å². The third-order valence-electron chi connectivity index (χ3n) is 4.33. The van der Waals surface area contributed by atoms with E-state index in [-0.39, 0.29) is 11.7 Å². The van der Waals surface area contributed by atoms with Crippen LogP contribution in [0.2, 0.25) is 0 Å². The molecule has 1 aliphatic rings. The highest BCUT2D eigenvalue weighted by atomic mass is 79.9. The van der Waals surface area contributed by atoms with E-state index in [9.17, 15) is 14.4 Å². The first-order valence-corrected chi connectivity index (χ1v) is 8.30. The number of halogens is 1. The van der Waals surface area contributed by atoms with Gasteiger partial charge < -0.3 is 4.74 Å². The Bertz CT molecular complexity index is 783. The van der Waals surface area contributed by atoms with Gasteiger partial charge in [-0.3, -0.25) is 9.59 Å². The fourth-order valence-electron chi connectivity index (χ4n) is 3.10. The molecule has 0 aromatic heterocycles. The van der Waals surface area contributed by atoms with Gasteiger partial charge in [-0.25, -0.2) is 4.79 Å². The number of ether oxygens (including phenoxy) is 1. The molecule has 0 N–H and O–H groups in total. The molecule has 1 saturated carbocycles. The van der Waals surface area contributed by atoms with Crippen molar-refractivity contribution in [3.05, 3.63) is 70.2 Å². The Hall–Kier alpha value is -2.27. The van der Waals surface area contributed by atoms with Crippen LogP contribution >= 0.6 is 15.9 Å². The van der Waals surface area contributed by atoms with E-state index in [1.165, 1.54) is 7.11 Å². The number of methoxy groups -OCH3 is 1. The SMILES string of the molecule is COC(=O)C(=O)[C@@H]1[C@H](C(=O)c2ccc(Br)cc2)[C@H]1c1ccccc1. The molecule has 0 saturated heterocycles. The van der Waals surface area contributed by atoms with Crippen LogP contribution in [0.25, 0.3) is 0 Å². The van der Waals surface area contributed by atoms with Crippen LogP contribution in [-0.2, 0) is 14.3 Å². The fraction of sp³-hybridized carbons (Fsp3) is 0.211. The van der Waals surface area contributed by atoms with Gasteiger partial charge in [0.15, 0.2) is 5.78 Å². The second-order valence-corrected chi connectivity index (χ2v) is 6.63. The topological polar surface area (TPSA) is 60.4 Å². The van der Waals surface area contributed by atoms with E-state index in [4.69, 9.17) is 0 Å². The maximum absolute atomic E-state index is 12.8. The van der Waals surface area contributed by atoms with Gasteiger partial charge in [-0.15, -0.1) is 0 Å². The van der Waals surface area contributed by atoms with Crippen molar-refractivity contribution in [3.8, 4) is 0 Å². The molecule has 0 spiro atoms. The lowest BCUT2D eigenvalue weighted by Crippen LogP contribution is -2.20. The smallest absolute Gasteiger partial charge is 0.374 e. The lowest BCUT2D eigenvalue weighted by Gasteiger charge is -2.01. The van der Waals surface area contributed by atoms with Crippen molar-refractivity contribution in [2.45, 2.75) is 5.92 Å². The zero-order valence-electron chi connectivity index (χ0n) is 12.9. The van der Waals surface area contributed by atoms with Gasteiger partial charge in [0.1, 0.15) is 0 Å². The third-order valence-corrected chi connectivity index (χ3v) is 4.85. The zero-order chi connectivity index (χ0) is 17.3. The average Bonchev–Trinajstić information content (AvgIpc) is 3.36. The van der Waals surface area contributed by atoms with E-state index in [0.29, 0.717) is 5.56 Å². The van der Waals surface area contributed by atoms with Gasteiger partial charge in [-0.05, 0) is 17.7 Å². The predicted molar refractivity (Wildman–Crippen MR) is 91.7 cm³/mol. The fourth-order valence-corrected chi connectivity index (χ4v) is 3.36. The van der Waals surface area contributed by atoms with Gasteiger partial charge >= 0.3 is 5.97 Å². The summed E-state index contributed by atoms with van der Waals surface area (Å²) >= 11 is 3.33. The number of hydrogen-bond acceptors (Lipinski definition) is 4. The normalized spacial score (nSPS) is 21.8. The Kier molecular flexibility index (Phi) is 4.62. The molecule has 0 amide bonds. The van der Waals surface area contributed by atoms with Crippen LogP contribution in [0.1, 0.15) is 21.8 Å². The summed E-state index contributed by atoms with van der Waals surface area (Å²) in [4.78, 5) is 36.7. The summed E-state index contributed by atoms with van der Waals surface area (Å²) in [5.41, 5.74) is 1.42. The van der Waals surface area contributed by atoms with Gasteiger partial charge in [0.2, 0.25) is 5.78 Å². The van der Waals surface area contributed by atoms with E-state index in [1.807, 2.05) is 30.3 Å². The molecule has 24 heavy (non-hydrogen) atoms. The van der Waals surface area contributed by atoms with Crippen molar-refractivity contribution >= 4 is 33.5 Å². The van der Waals surface area contributed by atoms with Crippen LogP contribution in [0.5, 0.6) is 0 Å². The molecule has 2 aromatic rings. The second-order valence-electron chi connectivity index (χ2n) is 5.72. The van der Waals surface area contributed by atoms with Gasteiger partial charge in [-0.1, -0.05) is 58.4 Å². The van der Waals surface area contributed by atoms with Crippen LogP contribution < -0.4 is 0 Å². The largest absolute Gasteiger partial charge is 0.463 e. The van der Waals surface area contributed by atoms with Crippen LogP contribution in [-0.4, -0.2) is 24.6 Å². The molecule has 1 aliphatic carbocycles. The minimum Gasteiger partial charge on any atom is -0.463 e. The van der Waals surface area contributed by atoms with Crippen LogP contribution in [0.4, 0.5) is 0 Å². The molecular weight excluding hydrogens is 372 g/mol. The Morgan fingerprint density at radius 2 is 1.54 bits per heavy atom. The molecule has 0 unspecified atom stereocenters. The van der Waals surface area contributed by atoms with E-state index < -0.39 is 23.6 Å². The molecule has 3 rings (SSSR count). The van der Waals surface area contributed by atoms with Crippen molar-refractivity contribution < 1.29 is 19.1 Å². The van der Waals surface area contributed by atoms with Gasteiger partial charge in [0.25, 0.3) is 0 Å². The minimum atomic E-state index is -0.896. The maximum atomic E-state index is 12.8. The lowest BCUT2D eigenvalue weighted by atomic mass is 10.0. The number of carbonyl (C=O) groups excluding carboxylic acids is 3. The van der Waals surface area contributed by atoms with E-state index in [2.05, 4.69) is 20.7 Å². The second kappa shape index (κ2) is 6.69. The maximum Gasteiger partial charge on any atom is 0.374 e. The molecule has 3 atom stereocenters. The average molecular weight is 387 g/mol. The number of esters is 1. The van der Waals surface area contributed by atoms with E-state index >= 15 is 0 Å². The summed E-state index contributed by atoms with van der Waals surface area (Å²) < 4.78 is 5.41. The first-order chi connectivity index (χ1) is 11.5. The molecule has 1 fully saturated rings. The van der Waals surface area contributed by atoms with Crippen LogP contribution in [0.15, 0.2) is 59.1 Å². The van der Waals surface area contributed by atoms with Crippen molar-refractivity contribution in [2.24, 2.45) is 11.8 Å². The highest BCUT2D eigenvalue weighted by molar-refractivity contribution is 9.10. The molecule has 5 heteroatoms. The van der Waals surface area contributed by atoms with Crippen molar-refractivity contribution in [1.82, 2.24) is 0 Å². The number of Topliss-reactive ketones (excluding diaryl/α,β-unsaturated/α-hetero) is 2. The molecule has 2 aromatic carbocycles. The van der Waals surface area contributed by atoms with E-state index in [1.54, 1.807) is 24.3 Å². The summed E-state index contributed by atoms with van der Waals surface area (Å²) in [6, 6.07) is 16.3. The molecule has 0 radical (unpaired) electrons. The summed E-state index contributed by atoms with van der Waals surface area (Å²) in [5.74, 6) is -3.13. The third kappa shape index (κ3) is 3.04. The summed E-state index contributed by atoms with van der Waals surface area (Å²) in [7, 11) is 1.17. The molecular formula is C19H15BrO4. The highest BCUT2D eigenvalue weighted by Crippen LogP contribution is 2.56. The quantitative estimate of drug-likeness (QED) is 0.448. The van der Waals surface area contributed by atoms with Gasteiger partial charge in [0.05, 0.1) is 7.11 Å². The summed E-state index contributed by atoms with van der Waals surface area (Å²) in [5, 5.41) is 0. The van der Waals surface area contributed by atoms with Crippen molar-refractivity contribution in [3.63, 3.8) is 0 Å². The lowest BCUT2D eigenvalue weighted by molar-refractivity contribution is -0.152. The Morgan fingerprint density at radius 3 is 2.12 bits per heavy atom. The zero-order valence-corrected chi connectivity index (χ0v) is 14.5. The summed E-state index contributed by atoms with van der Waals surface area (Å²) in [6.07, 6.45) is 0.